The van der Waals surface area contributed by atoms with Crippen LogP contribution in [-0.2, 0) is 11.2 Å². The van der Waals surface area contributed by atoms with Gasteiger partial charge in [0.15, 0.2) is 5.43 Å². The van der Waals surface area contributed by atoms with Crippen molar-refractivity contribution in [3.8, 4) is 17.1 Å². The van der Waals surface area contributed by atoms with E-state index >= 15 is 0 Å². The second-order valence-electron chi connectivity index (χ2n) is 7.89. The lowest BCUT2D eigenvalue weighted by Gasteiger charge is -2.10. The van der Waals surface area contributed by atoms with E-state index in [0.717, 1.165) is 11.1 Å². The van der Waals surface area contributed by atoms with Crippen molar-refractivity contribution in [1.29, 1.82) is 0 Å². The number of phenols is 1. The minimum absolute atomic E-state index is 0.120. The molecular formula is C26H21NO6. The van der Waals surface area contributed by atoms with E-state index in [1.54, 1.807) is 30.3 Å². The van der Waals surface area contributed by atoms with Crippen LogP contribution in [-0.4, -0.2) is 22.1 Å². The Morgan fingerprint density at radius 2 is 1.70 bits per heavy atom. The number of amides is 1. The second kappa shape index (κ2) is 8.63. The van der Waals surface area contributed by atoms with Gasteiger partial charge in [-0.1, -0.05) is 24.3 Å². The number of hydrogen-bond acceptors (Lipinski definition) is 5. The lowest BCUT2D eigenvalue weighted by atomic mass is 10.1. The summed E-state index contributed by atoms with van der Waals surface area (Å²) >= 11 is 0. The molecule has 0 saturated carbocycles. The molecular weight excluding hydrogens is 422 g/mol. The highest BCUT2D eigenvalue weighted by Crippen LogP contribution is 2.27. The summed E-state index contributed by atoms with van der Waals surface area (Å²) in [4.78, 5) is 36.1. The first-order valence-electron chi connectivity index (χ1n) is 10.2. The summed E-state index contributed by atoms with van der Waals surface area (Å²) in [5.74, 6) is -1.27. The Kier molecular flexibility index (Phi) is 5.70. The molecule has 0 aliphatic heterocycles. The number of phenolic OH excluding ortho intramolecular Hbond substituents is 1. The Balaban J connectivity index is 1.60. The largest absolute Gasteiger partial charge is 0.506 e. The first-order valence-corrected chi connectivity index (χ1v) is 10.2. The molecule has 0 bridgehead atoms. The number of carboxylic acid groups (broad SMARTS) is 1. The van der Waals surface area contributed by atoms with Crippen molar-refractivity contribution in [3.63, 3.8) is 0 Å². The summed E-state index contributed by atoms with van der Waals surface area (Å²) in [6.45, 7) is 3.81. The Labute approximate surface area is 188 Å². The maximum Gasteiger partial charge on any atom is 0.307 e. The number of aliphatic carboxylic acids is 1. The van der Waals surface area contributed by atoms with Crippen LogP contribution in [0.25, 0.3) is 22.3 Å². The number of nitrogens with one attached hydrogen (secondary N) is 1. The fourth-order valence-corrected chi connectivity index (χ4v) is 3.70. The van der Waals surface area contributed by atoms with Crippen LogP contribution >= 0.6 is 0 Å². The second-order valence-corrected chi connectivity index (χ2v) is 7.89. The molecule has 0 spiro atoms. The minimum atomic E-state index is -1.01. The Morgan fingerprint density at radius 3 is 2.39 bits per heavy atom. The predicted octanol–water partition coefficient (Wildman–Crippen LogP) is 4.66. The van der Waals surface area contributed by atoms with Gasteiger partial charge in [-0.15, -0.1) is 0 Å². The highest BCUT2D eigenvalue weighted by Gasteiger charge is 2.13. The van der Waals surface area contributed by atoms with Gasteiger partial charge in [-0.05, 0) is 60.9 Å². The number of rotatable bonds is 5. The predicted molar refractivity (Wildman–Crippen MR) is 125 cm³/mol. The molecule has 7 nitrogen and oxygen atoms in total. The van der Waals surface area contributed by atoms with Crippen LogP contribution in [0.1, 0.15) is 27.0 Å². The number of benzene rings is 3. The van der Waals surface area contributed by atoms with Gasteiger partial charge in [0, 0.05) is 17.2 Å². The first-order chi connectivity index (χ1) is 15.7. The van der Waals surface area contributed by atoms with Gasteiger partial charge in [0.1, 0.15) is 17.1 Å². The highest BCUT2D eigenvalue weighted by molar-refractivity contribution is 6.05. The quantitative estimate of drug-likeness (QED) is 0.386. The maximum absolute atomic E-state index is 12.6. The third-order valence-corrected chi connectivity index (χ3v) is 5.25. The first kappa shape index (κ1) is 21.8. The molecule has 0 saturated heterocycles. The fraction of sp³-hybridized carbons (Fsp3) is 0.115. The molecule has 4 aromatic rings. The Bertz CT molecular complexity index is 1450. The van der Waals surface area contributed by atoms with E-state index in [1.165, 1.54) is 24.3 Å². The van der Waals surface area contributed by atoms with Gasteiger partial charge >= 0.3 is 5.97 Å². The molecule has 1 heterocycles. The van der Waals surface area contributed by atoms with E-state index in [0.29, 0.717) is 33.4 Å². The lowest BCUT2D eigenvalue weighted by molar-refractivity contribution is -0.136. The molecule has 0 unspecified atom stereocenters. The molecule has 0 aliphatic carbocycles. The van der Waals surface area contributed by atoms with Crippen LogP contribution in [0.5, 0.6) is 5.75 Å². The molecule has 7 heteroatoms. The molecule has 166 valence electrons. The molecule has 0 fully saturated rings. The summed E-state index contributed by atoms with van der Waals surface area (Å²) in [6, 6.07) is 15.9. The lowest BCUT2D eigenvalue weighted by Crippen LogP contribution is -2.12. The molecule has 0 atom stereocenters. The van der Waals surface area contributed by atoms with E-state index in [1.807, 2.05) is 19.9 Å². The highest BCUT2D eigenvalue weighted by atomic mass is 16.4. The summed E-state index contributed by atoms with van der Waals surface area (Å²) < 4.78 is 5.99. The summed E-state index contributed by atoms with van der Waals surface area (Å²) in [5.41, 5.74) is 3.75. The third kappa shape index (κ3) is 4.62. The number of carbonyl (C=O) groups excluding carboxylic acids is 1. The van der Waals surface area contributed by atoms with Gasteiger partial charge in [-0.25, -0.2) is 0 Å². The van der Waals surface area contributed by atoms with Gasteiger partial charge in [-0.3, -0.25) is 14.4 Å². The number of carboxylic acids is 1. The minimum Gasteiger partial charge on any atom is -0.506 e. The monoisotopic (exact) mass is 443 g/mol. The molecule has 0 aliphatic rings. The van der Waals surface area contributed by atoms with Crippen LogP contribution in [0.15, 0.2) is 69.9 Å². The van der Waals surface area contributed by atoms with E-state index < -0.39 is 11.9 Å². The van der Waals surface area contributed by atoms with Gasteiger partial charge in [-0.2, -0.15) is 0 Å². The molecule has 3 N–H and O–H groups in total. The molecule has 0 radical (unpaired) electrons. The average molecular weight is 443 g/mol. The molecule has 3 aromatic carbocycles. The van der Waals surface area contributed by atoms with Gasteiger partial charge < -0.3 is 19.9 Å². The number of carbonyl (C=O) groups is 2. The number of aromatic hydroxyl groups is 1. The normalized spacial score (nSPS) is 10.8. The standard InChI is InChI=1S/C26H21NO6/c1-14-9-15(2)25-19(10-14)22(29)13-23(33-25)17-4-6-18(7-5-17)26(32)27-20-11-16(12-24(30)31)3-8-21(20)28/h3-11,13,28H,12H2,1-2H3,(H,27,32)(H,30,31). The van der Waals surface area contributed by atoms with Gasteiger partial charge in [0.05, 0.1) is 17.5 Å². The maximum atomic E-state index is 12.6. The van der Waals surface area contributed by atoms with Crippen LogP contribution in [0.2, 0.25) is 0 Å². The average Bonchev–Trinajstić information content (AvgIpc) is 2.76. The van der Waals surface area contributed by atoms with Crippen molar-refractivity contribution >= 4 is 28.5 Å². The number of hydrogen-bond donors (Lipinski definition) is 3. The SMILES string of the molecule is Cc1cc(C)c2oc(-c3ccc(C(=O)Nc4cc(CC(=O)O)ccc4O)cc3)cc(=O)c2c1. The van der Waals surface area contributed by atoms with E-state index in [9.17, 15) is 19.5 Å². The zero-order valence-electron chi connectivity index (χ0n) is 18.0. The fourth-order valence-electron chi connectivity index (χ4n) is 3.70. The summed E-state index contributed by atoms with van der Waals surface area (Å²) in [5, 5.41) is 22.1. The van der Waals surface area contributed by atoms with Crippen LogP contribution in [0.4, 0.5) is 5.69 Å². The van der Waals surface area contributed by atoms with Crippen molar-refractivity contribution in [2.75, 3.05) is 5.32 Å². The van der Waals surface area contributed by atoms with Crippen LogP contribution in [0, 0.1) is 13.8 Å². The van der Waals surface area contributed by atoms with Crippen LogP contribution in [0.3, 0.4) is 0 Å². The Hall–Kier alpha value is -4.39. The number of anilines is 1. The van der Waals surface area contributed by atoms with E-state index in [4.69, 9.17) is 9.52 Å². The number of aryl methyl sites for hydroxylation is 2. The zero-order valence-corrected chi connectivity index (χ0v) is 18.0. The van der Waals surface area contributed by atoms with Crippen LogP contribution < -0.4 is 10.7 Å². The van der Waals surface area contributed by atoms with Crippen molar-refractivity contribution < 1.29 is 24.2 Å². The zero-order chi connectivity index (χ0) is 23.7. The van der Waals surface area contributed by atoms with E-state index in [2.05, 4.69) is 5.32 Å². The van der Waals surface area contributed by atoms with Crippen molar-refractivity contribution in [2.45, 2.75) is 20.3 Å². The third-order valence-electron chi connectivity index (χ3n) is 5.25. The van der Waals surface area contributed by atoms with Gasteiger partial charge in [0.25, 0.3) is 5.91 Å². The molecule has 1 aromatic heterocycles. The van der Waals surface area contributed by atoms with Crippen molar-refractivity contribution in [1.82, 2.24) is 0 Å². The Morgan fingerprint density at radius 1 is 0.970 bits per heavy atom. The van der Waals surface area contributed by atoms with E-state index in [-0.39, 0.29) is 23.3 Å². The summed E-state index contributed by atoms with van der Waals surface area (Å²) in [6.07, 6.45) is -0.228. The molecule has 33 heavy (non-hydrogen) atoms. The number of fused-ring (bicyclic) bond motifs is 1. The topological polar surface area (TPSA) is 117 Å². The molecule has 4 rings (SSSR count). The molecule has 1 amide bonds. The summed E-state index contributed by atoms with van der Waals surface area (Å²) in [7, 11) is 0. The smallest absolute Gasteiger partial charge is 0.307 e. The van der Waals surface area contributed by atoms with Gasteiger partial charge in [0.2, 0.25) is 0 Å². The van der Waals surface area contributed by atoms with Crippen molar-refractivity contribution in [2.24, 2.45) is 0 Å². The van der Waals surface area contributed by atoms with Crippen molar-refractivity contribution in [3.05, 3.63) is 93.1 Å².